The smallest absolute Gasteiger partial charge is 0.319 e. The van der Waals surface area contributed by atoms with Gasteiger partial charge in [0.2, 0.25) is 0 Å². The summed E-state index contributed by atoms with van der Waals surface area (Å²) in [5.74, 6) is -1.45. The molecule has 33 heavy (non-hydrogen) atoms. The van der Waals surface area contributed by atoms with Gasteiger partial charge in [-0.1, -0.05) is 53.6 Å². The maximum absolute atomic E-state index is 13.0. The number of carbonyl (C=O) groups is 2. The highest BCUT2D eigenvalue weighted by atomic mass is 35.5. The Bertz CT molecular complexity index is 1240. The number of carboxylic acids is 1. The third-order valence-corrected chi connectivity index (χ3v) is 5.31. The number of urea groups is 1. The monoisotopic (exact) mass is 469 g/mol. The van der Waals surface area contributed by atoms with E-state index in [0.717, 1.165) is 11.1 Å². The molecule has 0 saturated carbocycles. The van der Waals surface area contributed by atoms with Crippen LogP contribution in [-0.4, -0.2) is 26.8 Å². The highest BCUT2D eigenvalue weighted by molar-refractivity contribution is 6.30. The SMILES string of the molecule is Cc1ccc([C@H](CC(=O)O)NC(=O)Nc2c(O)c(C)cn(Cc3cccc(Cl)c3)c2=O)cc1. The predicted molar refractivity (Wildman–Crippen MR) is 126 cm³/mol. The molecule has 3 aromatic rings. The first-order valence-electron chi connectivity index (χ1n) is 10.2. The summed E-state index contributed by atoms with van der Waals surface area (Å²) in [6.07, 6.45) is 1.14. The minimum Gasteiger partial charge on any atom is -0.505 e. The summed E-state index contributed by atoms with van der Waals surface area (Å²) in [6, 6.07) is 12.4. The van der Waals surface area contributed by atoms with Gasteiger partial charge in [-0.2, -0.15) is 0 Å². The average molecular weight is 470 g/mol. The number of rotatable bonds is 7. The number of hydrogen-bond acceptors (Lipinski definition) is 4. The van der Waals surface area contributed by atoms with Crippen LogP contribution >= 0.6 is 11.6 Å². The van der Waals surface area contributed by atoms with Gasteiger partial charge < -0.3 is 25.4 Å². The van der Waals surface area contributed by atoms with Crippen molar-refractivity contribution in [3.63, 3.8) is 0 Å². The number of carboxylic acid groups (broad SMARTS) is 1. The fourth-order valence-electron chi connectivity index (χ4n) is 3.39. The lowest BCUT2D eigenvalue weighted by molar-refractivity contribution is -0.137. The largest absolute Gasteiger partial charge is 0.505 e. The van der Waals surface area contributed by atoms with E-state index in [2.05, 4.69) is 10.6 Å². The normalized spacial score (nSPS) is 11.6. The topological polar surface area (TPSA) is 121 Å². The summed E-state index contributed by atoms with van der Waals surface area (Å²) in [4.78, 5) is 37.0. The second-order valence-electron chi connectivity index (χ2n) is 7.76. The van der Waals surface area contributed by atoms with Crippen molar-refractivity contribution >= 4 is 29.3 Å². The van der Waals surface area contributed by atoms with E-state index < -0.39 is 23.6 Å². The third-order valence-electron chi connectivity index (χ3n) is 5.08. The van der Waals surface area contributed by atoms with E-state index in [1.807, 2.05) is 19.1 Å². The van der Waals surface area contributed by atoms with Gasteiger partial charge in [0.15, 0.2) is 5.69 Å². The highest BCUT2D eigenvalue weighted by Crippen LogP contribution is 2.24. The summed E-state index contributed by atoms with van der Waals surface area (Å²) in [7, 11) is 0. The van der Waals surface area contributed by atoms with Crippen LogP contribution in [0.25, 0.3) is 0 Å². The Morgan fingerprint density at radius 1 is 1.12 bits per heavy atom. The zero-order valence-corrected chi connectivity index (χ0v) is 18.9. The van der Waals surface area contributed by atoms with E-state index in [-0.39, 0.29) is 24.4 Å². The van der Waals surface area contributed by atoms with E-state index in [1.165, 1.54) is 10.8 Å². The minimum atomic E-state index is -1.09. The molecule has 0 bridgehead atoms. The van der Waals surface area contributed by atoms with Crippen LogP contribution in [0.2, 0.25) is 5.02 Å². The second kappa shape index (κ2) is 10.2. The van der Waals surface area contributed by atoms with Crippen molar-refractivity contribution in [2.24, 2.45) is 0 Å². The standard InChI is InChI=1S/C24H24ClN3O5/c1-14-6-8-17(9-7-14)19(11-20(29)30)26-24(33)27-21-22(31)15(2)12-28(23(21)32)13-16-4-3-5-18(25)10-16/h3-10,12,19,31H,11,13H2,1-2H3,(H,29,30)(H2,26,27,33)/t19-/m0/s1. The molecule has 0 saturated heterocycles. The number of aromatic hydroxyl groups is 1. The van der Waals surface area contributed by atoms with Gasteiger partial charge in [-0.15, -0.1) is 0 Å². The molecule has 0 unspecified atom stereocenters. The molecule has 4 N–H and O–H groups in total. The molecular formula is C24H24ClN3O5. The van der Waals surface area contributed by atoms with Gasteiger partial charge in [0.25, 0.3) is 5.56 Å². The van der Waals surface area contributed by atoms with Crippen LogP contribution < -0.4 is 16.2 Å². The van der Waals surface area contributed by atoms with Gasteiger partial charge in [0.05, 0.1) is 19.0 Å². The molecule has 0 fully saturated rings. The molecule has 0 spiro atoms. The molecule has 1 heterocycles. The molecule has 0 aliphatic rings. The van der Waals surface area contributed by atoms with Crippen LogP contribution in [0.3, 0.4) is 0 Å². The lowest BCUT2D eigenvalue weighted by Gasteiger charge is -2.19. The molecule has 0 radical (unpaired) electrons. The fourth-order valence-corrected chi connectivity index (χ4v) is 3.60. The summed E-state index contributed by atoms with van der Waals surface area (Å²) in [5.41, 5.74) is 1.83. The summed E-state index contributed by atoms with van der Waals surface area (Å²) >= 11 is 6.02. The number of hydrogen-bond donors (Lipinski definition) is 4. The number of benzene rings is 2. The van der Waals surface area contributed by atoms with Crippen LogP contribution in [-0.2, 0) is 11.3 Å². The van der Waals surface area contributed by atoms with Gasteiger partial charge >= 0.3 is 12.0 Å². The van der Waals surface area contributed by atoms with Gasteiger partial charge in [0, 0.05) is 16.8 Å². The molecule has 9 heteroatoms. The van der Waals surface area contributed by atoms with Crippen molar-refractivity contribution in [1.82, 2.24) is 9.88 Å². The predicted octanol–water partition coefficient (Wildman–Crippen LogP) is 4.21. The molecule has 2 aromatic carbocycles. The van der Waals surface area contributed by atoms with Crippen LogP contribution in [0.1, 0.15) is 34.7 Å². The van der Waals surface area contributed by atoms with E-state index in [4.69, 9.17) is 11.6 Å². The summed E-state index contributed by atoms with van der Waals surface area (Å²) < 4.78 is 1.35. The molecule has 1 atom stereocenters. The van der Waals surface area contributed by atoms with E-state index in [1.54, 1.807) is 43.3 Å². The van der Waals surface area contributed by atoms with Crippen LogP contribution in [0.15, 0.2) is 59.5 Å². The van der Waals surface area contributed by atoms with Crippen molar-refractivity contribution in [2.75, 3.05) is 5.32 Å². The van der Waals surface area contributed by atoms with E-state index in [0.29, 0.717) is 16.1 Å². The quantitative estimate of drug-likeness (QED) is 0.413. The number of aromatic nitrogens is 1. The number of carbonyl (C=O) groups excluding carboxylic acids is 1. The zero-order valence-electron chi connectivity index (χ0n) is 18.1. The van der Waals surface area contributed by atoms with Gasteiger partial charge in [-0.3, -0.25) is 9.59 Å². The number of anilines is 1. The van der Waals surface area contributed by atoms with Crippen LogP contribution in [0.4, 0.5) is 10.5 Å². The zero-order chi connectivity index (χ0) is 24.1. The van der Waals surface area contributed by atoms with Crippen molar-refractivity contribution in [2.45, 2.75) is 32.9 Å². The van der Waals surface area contributed by atoms with Gasteiger partial charge in [0.1, 0.15) is 5.75 Å². The Balaban J connectivity index is 1.85. The van der Waals surface area contributed by atoms with Crippen molar-refractivity contribution < 1.29 is 19.8 Å². The first-order chi connectivity index (χ1) is 15.6. The Hall–Kier alpha value is -3.78. The Morgan fingerprint density at radius 3 is 2.45 bits per heavy atom. The number of aliphatic carboxylic acids is 1. The molecule has 2 amide bonds. The first-order valence-corrected chi connectivity index (χ1v) is 10.5. The average Bonchev–Trinajstić information content (AvgIpc) is 2.75. The molecule has 8 nitrogen and oxygen atoms in total. The first kappa shape index (κ1) is 23.9. The molecule has 1 aromatic heterocycles. The third kappa shape index (κ3) is 6.14. The van der Waals surface area contributed by atoms with Crippen LogP contribution in [0, 0.1) is 13.8 Å². The lowest BCUT2D eigenvalue weighted by atomic mass is 10.0. The number of halogens is 1. The molecular weight excluding hydrogens is 446 g/mol. The molecule has 0 aliphatic heterocycles. The Labute approximate surface area is 195 Å². The number of amides is 2. The van der Waals surface area contributed by atoms with Gasteiger partial charge in [-0.05, 0) is 37.1 Å². The van der Waals surface area contributed by atoms with Crippen molar-refractivity contribution in [3.05, 3.63) is 92.4 Å². The molecule has 3 rings (SSSR count). The van der Waals surface area contributed by atoms with Crippen molar-refractivity contribution in [3.8, 4) is 5.75 Å². The van der Waals surface area contributed by atoms with Crippen LogP contribution in [0.5, 0.6) is 5.75 Å². The lowest BCUT2D eigenvalue weighted by Crippen LogP contribution is -2.36. The maximum Gasteiger partial charge on any atom is 0.319 e. The Kier molecular flexibility index (Phi) is 7.40. The Morgan fingerprint density at radius 2 is 1.82 bits per heavy atom. The van der Waals surface area contributed by atoms with Gasteiger partial charge in [-0.25, -0.2) is 4.79 Å². The highest BCUT2D eigenvalue weighted by Gasteiger charge is 2.21. The number of aryl methyl sites for hydroxylation is 2. The molecule has 0 aliphatic carbocycles. The number of nitrogens with zero attached hydrogens (tertiary/aromatic N) is 1. The van der Waals surface area contributed by atoms with Crippen molar-refractivity contribution in [1.29, 1.82) is 0 Å². The number of pyridine rings is 1. The second-order valence-corrected chi connectivity index (χ2v) is 8.19. The molecule has 172 valence electrons. The minimum absolute atomic E-state index is 0.182. The summed E-state index contributed by atoms with van der Waals surface area (Å²) in [6.45, 7) is 3.68. The van der Waals surface area contributed by atoms with E-state index in [9.17, 15) is 24.6 Å². The maximum atomic E-state index is 13.0. The fraction of sp³-hybridized carbons (Fsp3) is 0.208. The summed E-state index contributed by atoms with van der Waals surface area (Å²) in [5, 5.41) is 25.2. The van der Waals surface area contributed by atoms with E-state index >= 15 is 0 Å². The number of nitrogens with one attached hydrogen (secondary N) is 2.